The van der Waals surface area contributed by atoms with Crippen LogP contribution < -0.4 is 9.64 Å². The van der Waals surface area contributed by atoms with Crippen LogP contribution in [0.4, 0.5) is 45.5 Å². The molecule has 1 heterocycles. The molecule has 37 heavy (non-hydrogen) atoms. The van der Waals surface area contributed by atoms with E-state index in [0.717, 1.165) is 23.1 Å². The van der Waals surface area contributed by atoms with Gasteiger partial charge in [-0.1, -0.05) is 0 Å². The molecule has 0 bridgehead atoms. The molecule has 0 unspecified atom stereocenters. The second-order valence-corrected chi connectivity index (χ2v) is 8.64. The molecule has 1 aromatic heterocycles. The van der Waals surface area contributed by atoms with Gasteiger partial charge in [-0.05, 0) is 64.8 Å². The average molecular weight is 602 g/mol. The Kier molecular flexibility index (Phi) is 8.30. The van der Waals surface area contributed by atoms with Crippen LogP contribution in [0, 0.1) is 0 Å². The van der Waals surface area contributed by atoms with E-state index in [1.165, 1.54) is 12.4 Å². The Morgan fingerprint density at radius 1 is 0.757 bits per heavy atom. The van der Waals surface area contributed by atoms with Crippen LogP contribution in [0.5, 0.6) is 5.75 Å². The third-order valence-electron chi connectivity index (χ3n) is 4.96. The quantitative estimate of drug-likeness (QED) is 0.258. The Morgan fingerprint density at radius 2 is 1.30 bits per heavy atom. The van der Waals surface area contributed by atoms with Crippen molar-refractivity contribution in [1.82, 2.24) is 9.97 Å². The molecule has 0 N–H and O–H groups in total. The molecule has 0 fully saturated rings. The molecular formula is C23H17BrF9N3O. The minimum Gasteiger partial charge on any atom is -0.494 e. The summed E-state index contributed by atoms with van der Waals surface area (Å²) in [6.07, 6.45) is -12.3. The molecule has 3 aromatic rings. The van der Waals surface area contributed by atoms with Crippen LogP contribution in [-0.2, 0) is 31.6 Å². The Hall–Kier alpha value is -3.03. The lowest BCUT2D eigenvalue weighted by Crippen LogP contribution is -2.25. The van der Waals surface area contributed by atoms with Gasteiger partial charge in [-0.2, -0.15) is 39.5 Å². The average Bonchev–Trinajstić information content (AvgIpc) is 2.78. The molecule has 0 atom stereocenters. The van der Waals surface area contributed by atoms with Crippen molar-refractivity contribution in [1.29, 1.82) is 0 Å². The van der Waals surface area contributed by atoms with Crippen LogP contribution in [0.2, 0.25) is 0 Å². The lowest BCUT2D eigenvalue weighted by atomic mass is 10.0. The lowest BCUT2D eigenvalue weighted by Gasteiger charge is -2.25. The Labute approximate surface area is 213 Å². The van der Waals surface area contributed by atoms with Crippen LogP contribution >= 0.6 is 15.9 Å². The first-order valence-electron chi connectivity index (χ1n) is 10.4. The van der Waals surface area contributed by atoms with Gasteiger partial charge in [0.1, 0.15) is 5.75 Å². The Morgan fingerprint density at radius 3 is 1.78 bits per heavy atom. The van der Waals surface area contributed by atoms with Crippen molar-refractivity contribution < 1.29 is 44.3 Å². The summed E-state index contributed by atoms with van der Waals surface area (Å²) >= 11 is 3.12. The molecular weight excluding hydrogens is 585 g/mol. The summed E-state index contributed by atoms with van der Waals surface area (Å²) in [5, 5.41) is 0. The van der Waals surface area contributed by atoms with Crippen molar-refractivity contribution in [2.75, 3.05) is 11.5 Å². The van der Waals surface area contributed by atoms with Crippen molar-refractivity contribution in [2.24, 2.45) is 0 Å². The van der Waals surface area contributed by atoms with E-state index >= 15 is 0 Å². The standard InChI is InChI=1S/C23H17BrF9N3O/c1-2-37-19-4-3-15(21(25,26)27)7-14(19)12-36(20-34-9-18(24)10-35-20)11-13-5-16(22(28,29)30)8-17(6-13)23(31,32)33/h3-10H,2,11-12H2,1H3. The molecule has 0 radical (unpaired) electrons. The fraction of sp³-hybridized carbons (Fsp3) is 0.304. The highest BCUT2D eigenvalue weighted by Gasteiger charge is 2.37. The summed E-state index contributed by atoms with van der Waals surface area (Å²) < 4.78 is 126. The zero-order valence-electron chi connectivity index (χ0n) is 18.8. The molecule has 4 nitrogen and oxygen atoms in total. The molecule has 0 saturated heterocycles. The summed E-state index contributed by atoms with van der Waals surface area (Å²) in [7, 11) is 0. The molecule has 0 amide bonds. The topological polar surface area (TPSA) is 38.2 Å². The SMILES string of the molecule is CCOc1ccc(C(F)(F)F)cc1CN(Cc1cc(C(F)(F)F)cc(C(F)(F)F)c1)c1ncc(Br)cn1. The summed E-state index contributed by atoms with van der Waals surface area (Å²) in [5.41, 5.74) is -4.49. The van der Waals surface area contributed by atoms with Gasteiger partial charge in [-0.25, -0.2) is 9.97 Å². The van der Waals surface area contributed by atoms with Crippen LogP contribution in [0.3, 0.4) is 0 Å². The van der Waals surface area contributed by atoms with Crippen LogP contribution in [0.15, 0.2) is 53.3 Å². The number of ether oxygens (including phenoxy) is 1. The highest BCUT2D eigenvalue weighted by molar-refractivity contribution is 9.10. The molecule has 2 aromatic carbocycles. The van der Waals surface area contributed by atoms with Gasteiger partial charge in [-0.15, -0.1) is 0 Å². The highest BCUT2D eigenvalue weighted by atomic mass is 79.9. The number of aromatic nitrogens is 2. The number of alkyl halides is 9. The van der Waals surface area contributed by atoms with Crippen molar-refractivity contribution in [2.45, 2.75) is 38.5 Å². The highest BCUT2D eigenvalue weighted by Crippen LogP contribution is 2.37. The largest absolute Gasteiger partial charge is 0.494 e. The Balaban J connectivity index is 2.12. The number of benzene rings is 2. The molecule has 0 aliphatic carbocycles. The summed E-state index contributed by atoms with van der Waals surface area (Å²) in [5.74, 6) is -0.0911. The monoisotopic (exact) mass is 601 g/mol. The predicted octanol–water partition coefficient (Wildman–Crippen LogP) is 7.90. The first-order chi connectivity index (χ1) is 17.1. The van der Waals surface area contributed by atoms with Crippen molar-refractivity contribution in [3.63, 3.8) is 0 Å². The fourth-order valence-corrected chi connectivity index (χ4v) is 3.58. The molecule has 200 valence electrons. The number of nitrogens with zero attached hydrogens (tertiary/aromatic N) is 3. The van der Waals surface area contributed by atoms with Crippen molar-refractivity contribution >= 4 is 21.9 Å². The predicted molar refractivity (Wildman–Crippen MR) is 119 cm³/mol. The van der Waals surface area contributed by atoms with Gasteiger partial charge in [-0.3, -0.25) is 0 Å². The van der Waals surface area contributed by atoms with E-state index in [2.05, 4.69) is 25.9 Å². The second kappa shape index (κ2) is 10.8. The lowest BCUT2D eigenvalue weighted by molar-refractivity contribution is -0.143. The zero-order valence-corrected chi connectivity index (χ0v) is 20.4. The second-order valence-electron chi connectivity index (χ2n) is 7.72. The number of hydrogen-bond acceptors (Lipinski definition) is 4. The number of hydrogen-bond donors (Lipinski definition) is 0. The maximum atomic E-state index is 13.4. The molecule has 0 aliphatic heterocycles. The van der Waals surface area contributed by atoms with Crippen molar-refractivity contribution in [3.8, 4) is 5.75 Å². The van der Waals surface area contributed by atoms with Gasteiger partial charge in [0.25, 0.3) is 0 Å². The smallest absolute Gasteiger partial charge is 0.416 e. The third kappa shape index (κ3) is 7.49. The number of anilines is 1. The summed E-state index contributed by atoms with van der Waals surface area (Å²) in [6, 6.07) is 3.76. The number of rotatable bonds is 7. The minimum atomic E-state index is -5.07. The van der Waals surface area contributed by atoms with Gasteiger partial charge in [0, 0.05) is 31.0 Å². The molecule has 3 rings (SSSR count). The normalized spacial score (nSPS) is 12.5. The van der Waals surface area contributed by atoms with Gasteiger partial charge in [0.05, 0.1) is 27.8 Å². The first-order valence-corrected chi connectivity index (χ1v) is 11.2. The van der Waals surface area contributed by atoms with Gasteiger partial charge >= 0.3 is 18.5 Å². The minimum absolute atomic E-state index is 0.00995. The Bertz CT molecular complexity index is 1190. The van der Waals surface area contributed by atoms with Crippen LogP contribution in [0.25, 0.3) is 0 Å². The summed E-state index contributed by atoms with van der Waals surface area (Å²) in [4.78, 5) is 9.19. The van der Waals surface area contributed by atoms with E-state index in [0.29, 0.717) is 16.6 Å². The zero-order chi connectivity index (χ0) is 27.6. The third-order valence-corrected chi connectivity index (χ3v) is 5.37. The van der Waals surface area contributed by atoms with Gasteiger partial charge in [0.2, 0.25) is 5.95 Å². The first kappa shape index (κ1) is 28.5. The van der Waals surface area contributed by atoms with E-state index in [-0.39, 0.29) is 29.9 Å². The van der Waals surface area contributed by atoms with Gasteiger partial charge < -0.3 is 9.64 Å². The fourth-order valence-electron chi connectivity index (χ4n) is 3.38. The molecule has 14 heteroatoms. The summed E-state index contributed by atoms with van der Waals surface area (Å²) in [6.45, 7) is 0.684. The maximum absolute atomic E-state index is 13.4. The molecule has 0 aliphatic rings. The molecule has 0 spiro atoms. The van der Waals surface area contributed by atoms with Crippen LogP contribution in [-0.4, -0.2) is 16.6 Å². The molecule has 0 saturated carbocycles. The van der Waals surface area contributed by atoms with E-state index in [9.17, 15) is 39.5 Å². The van der Waals surface area contributed by atoms with Crippen molar-refractivity contribution in [3.05, 3.63) is 81.1 Å². The van der Waals surface area contributed by atoms with E-state index < -0.39 is 53.9 Å². The number of halogens is 10. The van der Waals surface area contributed by atoms with E-state index in [1.54, 1.807) is 6.92 Å². The van der Waals surface area contributed by atoms with Gasteiger partial charge in [0.15, 0.2) is 0 Å². The maximum Gasteiger partial charge on any atom is 0.416 e. The van der Waals surface area contributed by atoms with E-state index in [4.69, 9.17) is 4.74 Å². The van der Waals surface area contributed by atoms with Crippen LogP contribution in [0.1, 0.15) is 34.7 Å². The van der Waals surface area contributed by atoms with E-state index in [1.807, 2.05) is 0 Å².